The highest BCUT2D eigenvalue weighted by Crippen LogP contribution is 2.12. The first-order valence-corrected chi connectivity index (χ1v) is 4.37. The molecule has 0 bridgehead atoms. The van der Waals surface area contributed by atoms with Gasteiger partial charge in [0.15, 0.2) is 0 Å². The minimum Gasteiger partial charge on any atom is -0.358 e. The van der Waals surface area contributed by atoms with Crippen molar-refractivity contribution in [2.45, 2.75) is 26.5 Å². The minimum atomic E-state index is -0.417. The van der Waals surface area contributed by atoms with Crippen LogP contribution in [0, 0.1) is 0 Å². The zero-order valence-corrected chi connectivity index (χ0v) is 7.82. The van der Waals surface area contributed by atoms with E-state index < -0.39 is 6.23 Å². The Hall–Kier alpha value is -1.16. The van der Waals surface area contributed by atoms with Crippen molar-refractivity contribution in [1.29, 1.82) is 0 Å². The molecule has 0 N–H and O–H groups in total. The van der Waals surface area contributed by atoms with Crippen molar-refractivity contribution in [2.24, 2.45) is 0 Å². The molecule has 1 atom stereocenters. The molecule has 0 radical (unpaired) electrons. The van der Waals surface area contributed by atoms with Gasteiger partial charge in [-0.1, -0.05) is 6.92 Å². The normalized spacial score (nSPS) is 18.5. The molecule has 4 heteroatoms. The monoisotopic (exact) mass is 183 g/mol. The van der Waals surface area contributed by atoms with Crippen LogP contribution in [0.3, 0.4) is 0 Å². The molecule has 13 heavy (non-hydrogen) atoms. The van der Waals surface area contributed by atoms with Crippen LogP contribution < -0.4 is 0 Å². The van der Waals surface area contributed by atoms with E-state index in [-0.39, 0.29) is 11.8 Å². The molecular weight excluding hydrogens is 170 g/mol. The second kappa shape index (κ2) is 4.18. The molecule has 0 aromatic rings. The maximum atomic E-state index is 11.2. The average molecular weight is 183 g/mol. The molecule has 0 spiro atoms. The topological polar surface area (TPSA) is 46.6 Å². The van der Waals surface area contributed by atoms with Crippen LogP contribution in [0.5, 0.6) is 0 Å². The molecule has 1 unspecified atom stereocenters. The van der Waals surface area contributed by atoms with Gasteiger partial charge in [-0.3, -0.25) is 9.59 Å². The van der Waals surface area contributed by atoms with E-state index in [4.69, 9.17) is 4.74 Å². The fourth-order valence-corrected chi connectivity index (χ4v) is 1.26. The van der Waals surface area contributed by atoms with E-state index in [9.17, 15) is 9.59 Å². The number of nitrogens with zero attached hydrogens (tertiary/aromatic N) is 1. The van der Waals surface area contributed by atoms with E-state index >= 15 is 0 Å². The van der Waals surface area contributed by atoms with Crippen LogP contribution in [0.15, 0.2) is 12.2 Å². The molecule has 0 aromatic carbocycles. The molecular formula is C9H13NO3. The molecule has 0 saturated heterocycles. The van der Waals surface area contributed by atoms with E-state index in [1.54, 1.807) is 0 Å². The molecule has 1 aliphatic heterocycles. The van der Waals surface area contributed by atoms with Crippen LogP contribution in [0.2, 0.25) is 0 Å². The molecule has 4 nitrogen and oxygen atoms in total. The second-order valence-corrected chi connectivity index (χ2v) is 2.70. The van der Waals surface area contributed by atoms with Crippen molar-refractivity contribution in [3.05, 3.63) is 12.2 Å². The summed E-state index contributed by atoms with van der Waals surface area (Å²) in [5.74, 6) is -0.574. The van der Waals surface area contributed by atoms with Crippen LogP contribution >= 0.6 is 0 Å². The number of amides is 2. The van der Waals surface area contributed by atoms with Gasteiger partial charge in [0.25, 0.3) is 11.8 Å². The van der Waals surface area contributed by atoms with Gasteiger partial charge in [-0.15, -0.1) is 0 Å². The Morgan fingerprint density at radius 2 is 1.85 bits per heavy atom. The van der Waals surface area contributed by atoms with Gasteiger partial charge in [0, 0.05) is 18.8 Å². The fraction of sp³-hybridized carbons (Fsp3) is 0.556. The third-order valence-electron chi connectivity index (χ3n) is 1.84. The molecule has 0 aliphatic carbocycles. The van der Waals surface area contributed by atoms with E-state index in [2.05, 4.69) is 0 Å². The van der Waals surface area contributed by atoms with E-state index in [0.717, 1.165) is 4.90 Å². The van der Waals surface area contributed by atoms with Crippen LogP contribution in [0.4, 0.5) is 0 Å². The lowest BCUT2D eigenvalue weighted by molar-refractivity contribution is -0.152. The van der Waals surface area contributed by atoms with Crippen LogP contribution in [0.1, 0.15) is 20.3 Å². The van der Waals surface area contributed by atoms with Gasteiger partial charge in [-0.2, -0.15) is 0 Å². The lowest BCUT2D eigenvalue weighted by atomic mass is 10.3. The third-order valence-corrected chi connectivity index (χ3v) is 1.84. The molecule has 72 valence electrons. The Morgan fingerprint density at radius 1 is 1.31 bits per heavy atom. The summed E-state index contributed by atoms with van der Waals surface area (Å²) in [5, 5.41) is 0. The third kappa shape index (κ3) is 1.95. The largest absolute Gasteiger partial charge is 0.358 e. The quantitative estimate of drug-likeness (QED) is 0.602. The van der Waals surface area contributed by atoms with Crippen LogP contribution in [-0.4, -0.2) is 29.5 Å². The Kier molecular flexibility index (Phi) is 3.19. The Balaban J connectivity index is 2.68. The first kappa shape index (κ1) is 9.92. The lowest BCUT2D eigenvalue weighted by Crippen LogP contribution is -2.41. The van der Waals surface area contributed by atoms with Gasteiger partial charge in [-0.05, 0) is 13.3 Å². The number of carbonyl (C=O) groups is 2. The number of hydrogen-bond acceptors (Lipinski definition) is 3. The molecule has 1 heterocycles. The van der Waals surface area contributed by atoms with Crippen molar-refractivity contribution >= 4 is 11.8 Å². The predicted molar refractivity (Wildman–Crippen MR) is 46.7 cm³/mol. The van der Waals surface area contributed by atoms with Crippen molar-refractivity contribution in [2.75, 3.05) is 6.61 Å². The SMILES string of the molecule is CCOC(CC)N1C(=O)C=CC1=O. The zero-order chi connectivity index (χ0) is 9.84. The van der Waals surface area contributed by atoms with Gasteiger partial charge < -0.3 is 4.74 Å². The summed E-state index contributed by atoms with van der Waals surface area (Å²) in [6, 6.07) is 0. The molecule has 0 saturated carbocycles. The highest BCUT2D eigenvalue weighted by molar-refractivity contribution is 6.13. The standard InChI is InChI=1S/C9H13NO3/c1-3-9(13-4-2)10-7(11)5-6-8(10)12/h5-6,9H,3-4H2,1-2H3. The maximum Gasteiger partial charge on any atom is 0.255 e. The first-order valence-electron chi connectivity index (χ1n) is 4.37. The Morgan fingerprint density at radius 3 is 2.23 bits per heavy atom. The number of ether oxygens (including phenoxy) is 1. The lowest BCUT2D eigenvalue weighted by Gasteiger charge is -2.24. The molecule has 2 amide bonds. The van der Waals surface area contributed by atoms with Crippen molar-refractivity contribution < 1.29 is 14.3 Å². The summed E-state index contributed by atoms with van der Waals surface area (Å²) < 4.78 is 5.26. The first-order chi connectivity index (χ1) is 6.20. The molecule has 0 fully saturated rings. The summed E-state index contributed by atoms with van der Waals surface area (Å²) in [6.45, 7) is 4.20. The van der Waals surface area contributed by atoms with Gasteiger partial charge >= 0.3 is 0 Å². The predicted octanol–water partition coefficient (Wildman–Crippen LogP) is 0.684. The number of imide groups is 1. The van der Waals surface area contributed by atoms with Crippen LogP contribution in [0.25, 0.3) is 0 Å². The van der Waals surface area contributed by atoms with Gasteiger partial charge in [0.2, 0.25) is 0 Å². The van der Waals surface area contributed by atoms with Gasteiger partial charge in [0.1, 0.15) is 6.23 Å². The van der Waals surface area contributed by atoms with Crippen molar-refractivity contribution in [3.8, 4) is 0 Å². The minimum absolute atomic E-state index is 0.287. The Bertz CT molecular complexity index is 229. The van der Waals surface area contributed by atoms with Gasteiger partial charge in [0.05, 0.1) is 0 Å². The van der Waals surface area contributed by atoms with Crippen LogP contribution in [-0.2, 0) is 14.3 Å². The number of carbonyl (C=O) groups excluding carboxylic acids is 2. The summed E-state index contributed by atoms with van der Waals surface area (Å²) >= 11 is 0. The van der Waals surface area contributed by atoms with E-state index in [1.807, 2.05) is 13.8 Å². The summed E-state index contributed by atoms with van der Waals surface area (Å²) in [5.41, 5.74) is 0. The highest BCUT2D eigenvalue weighted by Gasteiger charge is 2.30. The smallest absolute Gasteiger partial charge is 0.255 e. The maximum absolute atomic E-state index is 11.2. The van der Waals surface area contributed by atoms with Gasteiger partial charge in [-0.25, -0.2) is 4.90 Å². The summed E-state index contributed by atoms with van der Waals surface area (Å²) in [7, 11) is 0. The Labute approximate surface area is 77.2 Å². The molecule has 1 rings (SSSR count). The summed E-state index contributed by atoms with van der Waals surface area (Å²) in [6.07, 6.45) is 2.74. The molecule has 1 aliphatic rings. The number of hydrogen-bond donors (Lipinski definition) is 0. The zero-order valence-electron chi connectivity index (χ0n) is 7.82. The number of rotatable bonds is 4. The fourth-order valence-electron chi connectivity index (χ4n) is 1.26. The summed E-state index contributed by atoms with van der Waals surface area (Å²) in [4.78, 5) is 23.5. The van der Waals surface area contributed by atoms with E-state index in [0.29, 0.717) is 13.0 Å². The highest BCUT2D eigenvalue weighted by atomic mass is 16.5. The second-order valence-electron chi connectivity index (χ2n) is 2.70. The van der Waals surface area contributed by atoms with Crippen molar-refractivity contribution in [1.82, 2.24) is 4.90 Å². The average Bonchev–Trinajstić information content (AvgIpc) is 2.43. The molecule has 0 aromatic heterocycles. The van der Waals surface area contributed by atoms with Crippen molar-refractivity contribution in [3.63, 3.8) is 0 Å². The van der Waals surface area contributed by atoms with E-state index in [1.165, 1.54) is 12.2 Å².